The molecule has 4 nitrogen and oxygen atoms in total. The third-order valence-electron chi connectivity index (χ3n) is 2.35. The lowest BCUT2D eigenvalue weighted by Crippen LogP contribution is -2.11. The third kappa shape index (κ3) is 2.26. The number of nitrogens with two attached hydrogens (primary N) is 1. The molecule has 2 rings (SSSR count). The average molecular weight is 266 g/mol. The van der Waals surface area contributed by atoms with Crippen LogP contribution in [0.3, 0.4) is 0 Å². The molecule has 3 N–H and O–H groups in total. The highest BCUT2D eigenvalue weighted by Gasteiger charge is 2.16. The quantitative estimate of drug-likeness (QED) is 0.379. The number of anilines is 1. The minimum atomic E-state index is -0.536. The molecule has 0 amide bonds. The highest BCUT2D eigenvalue weighted by Crippen LogP contribution is 2.19. The van der Waals surface area contributed by atoms with Crippen molar-refractivity contribution in [1.82, 2.24) is 4.98 Å². The van der Waals surface area contributed by atoms with Crippen LogP contribution in [0.4, 0.5) is 10.1 Å². The summed E-state index contributed by atoms with van der Waals surface area (Å²) >= 11 is 5.75. The van der Waals surface area contributed by atoms with Gasteiger partial charge in [-0.05, 0) is 24.3 Å². The number of hydrogen-bond donors (Lipinski definition) is 2. The first-order valence-electron chi connectivity index (χ1n) is 5.03. The molecule has 6 heteroatoms. The van der Waals surface area contributed by atoms with Crippen LogP contribution in [-0.4, -0.2) is 15.9 Å². The largest absolute Gasteiger partial charge is 0.410 e. The van der Waals surface area contributed by atoms with Crippen LogP contribution in [0.15, 0.2) is 41.6 Å². The van der Waals surface area contributed by atoms with Crippen LogP contribution in [0.5, 0.6) is 0 Å². The second kappa shape index (κ2) is 5.01. The summed E-state index contributed by atoms with van der Waals surface area (Å²) in [6.45, 7) is 0. The van der Waals surface area contributed by atoms with Crippen LogP contribution < -0.4 is 5.73 Å². The lowest BCUT2D eigenvalue weighted by molar-refractivity contribution is 0.319. The first-order valence-corrected chi connectivity index (χ1v) is 5.40. The number of oxime groups is 1. The van der Waals surface area contributed by atoms with Gasteiger partial charge in [-0.2, -0.15) is 0 Å². The van der Waals surface area contributed by atoms with Crippen molar-refractivity contribution in [2.45, 2.75) is 0 Å². The average Bonchev–Trinajstić information content (AvgIpc) is 2.36. The summed E-state index contributed by atoms with van der Waals surface area (Å²) in [4.78, 5) is 3.94. The highest BCUT2D eigenvalue weighted by molar-refractivity contribution is 6.30. The van der Waals surface area contributed by atoms with Gasteiger partial charge in [0.15, 0.2) is 0 Å². The summed E-state index contributed by atoms with van der Waals surface area (Å²) in [6, 6.07) is 8.87. The van der Waals surface area contributed by atoms with Gasteiger partial charge in [0, 0.05) is 5.56 Å². The summed E-state index contributed by atoms with van der Waals surface area (Å²) in [6.07, 6.45) is 0. The molecular formula is C12H9ClFN3O. The molecule has 0 saturated carbocycles. The molecule has 0 aliphatic rings. The highest BCUT2D eigenvalue weighted by atomic mass is 35.5. The number of rotatable bonds is 2. The molecule has 0 unspecified atom stereocenters. The maximum absolute atomic E-state index is 13.7. The second-order valence-electron chi connectivity index (χ2n) is 3.50. The molecule has 1 heterocycles. The van der Waals surface area contributed by atoms with Crippen LogP contribution >= 0.6 is 11.6 Å². The standard InChI is InChI=1S/C12H9ClFN3O/c13-10-6-5-9(15)12(16-10)11(17-18)7-3-1-2-4-8(7)14/h1-6,18H,15H2/b17-11+. The molecule has 92 valence electrons. The van der Waals surface area contributed by atoms with E-state index in [4.69, 9.17) is 22.5 Å². The van der Waals surface area contributed by atoms with E-state index in [0.717, 1.165) is 0 Å². The van der Waals surface area contributed by atoms with Crippen LogP contribution in [-0.2, 0) is 0 Å². The number of pyridine rings is 1. The predicted octanol–water partition coefficient (Wildman–Crippen LogP) is 2.68. The van der Waals surface area contributed by atoms with E-state index in [2.05, 4.69) is 10.1 Å². The van der Waals surface area contributed by atoms with Gasteiger partial charge in [-0.15, -0.1) is 0 Å². The van der Waals surface area contributed by atoms with E-state index in [1.807, 2.05) is 0 Å². The van der Waals surface area contributed by atoms with Gasteiger partial charge >= 0.3 is 0 Å². The normalized spacial score (nSPS) is 11.6. The lowest BCUT2D eigenvalue weighted by atomic mass is 10.1. The zero-order valence-electron chi connectivity index (χ0n) is 9.14. The Balaban J connectivity index is 2.60. The second-order valence-corrected chi connectivity index (χ2v) is 3.89. The molecule has 0 aliphatic heterocycles. The molecule has 0 atom stereocenters. The van der Waals surface area contributed by atoms with E-state index in [0.29, 0.717) is 0 Å². The maximum atomic E-state index is 13.7. The van der Waals surface area contributed by atoms with Crippen molar-refractivity contribution in [3.05, 3.63) is 58.6 Å². The fourth-order valence-electron chi connectivity index (χ4n) is 1.52. The van der Waals surface area contributed by atoms with Crippen molar-refractivity contribution >= 4 is 23.0 Å². The Labute approximate surface area is 108 Å². The Morgan fingerprint density at radius 3 is 2.67 bits per heavy atom. The Hall–Kier alpha value is -2.14. The minimum Gasteiger partial charge on any atom is -0.410 e. The third-order valence-corrected chi connectivity index (χ3v) is 2.56. The van der Waals surface area contributed by atoms with Gasteiger partial charge in [-0.1, -0.05) is 28.9 Å². The summed E-state index contributed by atoms with van der Waals surface area (Å²) in [5.74, 6) is -0.536. The molecule has 0 saturated heterocycles. The molecule has 0 radical (unpaired) electrons. The summed E-state index contributed by atoms with van der Waals surface area (Å²) in [5, 5.41) is 12.3. The molecule has 2 aromatic rings. The first kappa shape index (κ1) is 12.3. The van der Waals surface area contributed by atoms with E-state index in [-0.39, 0.29) is 27.8 Å². The molecule has 0 bridgehead atoms. The Bertz CT molecular complexity index is 616. The van der Waals surface area contributed by atoms with Crippen molar-refractivity contribution in [3.63, 3.8) is 0 Å². The number of benzene rings is 1. The summed E-state index contributed by atoms with van der Waals surface area (Å²) in [5.41, 5.74) is 6.13. The van der Waals surface area contributed by atoms with Gasteiger partial charge in [0.05, 0.1) is 5.69 Å². The van der Waals surface area contributed by atoms with Crippen molar-refractivity contribution in [3.8, 4) is 0 Å². The van der Waals surface area contributed by atoms with Crippen LogP contribution in [0.2, 0.25) is 5.15 Å². The van der Waals surface area contributed by atoms with Crippen LogP contribution in [0, 0.1) is 5.82 Å². The zero-order chi connectivity index (χ0) is 13.1. The molecule has 0 fully saturated rings. The van der Waals surface area contributed by atoms with Gasteiger partial charge in [0.1, 0.15) is 22.4 Å². The monoisotopic (exact) mass is 265 g/mol. The smallest absolute Gasteiger partial charge is 0.140 e. The van der Waals surface area contributed by atoms with Gasteiger partial charge in [0.2, 0.25) is 0 Å². The number of nitrogen functional groups attached to an aromatic ring is 1. The van der Waals surface area contributed by atoms with Gasteiger partial charge < -0.3 is 10.9 Å². The fourth-order valence-corrected chi connectivity index (χ4v) is 1.67. The van der Waals surface area contributed by atoms with Gasteiger partial charge in [0.25, 0.3) is 0 Å². The Morgan fingerprint density at radius 1 is 1.28 bits per heavy atom. The lowest BCUT2D eigenvalue weighted by Gasteiger charge is -2.08. The van der Waals surface area contributed by atoms with Gasteiger partial charge in [-0.25, -0.2) is 9.37 Å². The minimum absolute atomic E-state index is 0.0619. The van der Waals surface area contributed by atoms with E-state index in [1.54, 1.807) is 6.07 Å². The number of nitrogens with zero attached hydrogens (tertiary/aromatic N) is 2. The molecule has 1 aromatic heterocycles. The molecule has 1 aromatic carbocycles. The Morgan fingerprint density at radius 2 is 2.00 bits per heavy atom. The maximum Gasteiger partial charge on any atom is 0.140 e. The van der Waals surface area contributed by atoms with E-state index < -0.39 is 5.82 Å². The number of hydrogen-bond acceptors (Lipinski definition) is 4. The van der Waals surface area contributed by atoms with Crippen LogP contribution in [0.25, 0.3) is 0 Å². The van der Waals surface area contributed by atoms with E-state index in [9.17, 15) is 4.39 Å². The summed E-state index contributed by atoms with van der Waals surface area (Å²) in [7, 11) is 0. The zero-order valence-corrected chi connectivity index (χ0v) is 9.89. The van der Waals surface area contributed by atoms with Crippen molar-refractivity contribution in [1.29, 1.82) is 0 Å². The van der Waals surface area contributed by atoms with E-state index in [1.165, 1.54) is 30.3 Å². The SMILES string of the molecule is Nc1ccc(Cl)nc1/C(=N/O)c1ccccc1F. The molecule has 0 aliphatic carbocycles. The van der Waals surface area contributed by atoms with Gasteiger partial charge in [-0.3, -0.25) is 0 Å². The van der Waals surface area contributed by atoms with E-state index >= 15 is 0 Å². The summed E-state index contributed by atoms with van der Waals surface area (Å²) < 4.78 is 13.7. The van der Waals surface area contributed by atoms with Crippen LogP contribution in [0.1, 0.15) is 11.3 Å². The predicted molar refractivity (Wildman–Crippen MR) is 67.5 cm³/mol. The molecule has 0 spiro atoms. The van der Waals surface area contributed by atoms with Crippen molar-refractivity contribution in [2.24, 2.45) is 5.16 Å². The fraction of sp³-hybridized carbons (Fsp3) is 0. The topological polar surface area (TPSA) is 71.5 Å². The number of halogens is 2. The van der Waals surface area contributed by atoms with Crippen molar-refractivity contribution < 1.29 is 9.60 Å². The molecule has 18 heavy (non-hydrogen) atoms. The molecular weight excluding hydrogens is 257 g/mol. The first-order chi connectivity index (χ1) is 8.63. The Kier molecular flexibility index (Phi) is 3.43. The number of aromatic nitrogens is 1. The van der Waals surface area contributed by atoms with Crippen molar-refractivity contribution in [2.75, 3.05) is 5.73 Å².